The lowest BCUT2D eigenvalue weighted by Crippen LogP contribution is -2.41. The number of carbonyl (C=O) groups excluding carboxylic acids is 1. The standard InChI is InChI=1S/C12H14N2O4S/c1-8-2-4-9(5-3-8)19(16,17)14-10-6-13-7-11(10)18-12(14)15/h2-5,10-11,13H,6-7H2,1H3/t10-,11-/m0/s1. The Morgan fingerprint density at radius 1 is 1.26 bits per heavy atom. The van der Waals surface area contributed by atoms with Crippen molar-refractivity contribution in [3.63, 3.8) is 0 Å². The Labute approximate surface area is 111 Å². The van der Waals surface area contributed by atoms with Crippen molar-refractivity contribution in [1.29, 1.82) is 0 Å². The highest BCUT2D eigenvalue weighted by molar-refractivity contribution is 7.89. The first kappa shape index (κ1) is 12.4. The average molecular weight is 282 g/mol. The van der Waals surface area contributed by atoms with Gasteiger partial charge in [0.1, 0.15) is 12.1 Å². The van der Waals surface area contributed by atoms with Gasteiger partial charge in [0, 0.05) is 13.1 Å². The van der Waals surface area contributed by atoms with E-state index in [2.05, 4.69) is 5.32 Å². The molecule has 0 spiro atoms. The molecule has 1 aromatic carbocycles. The van der Waals surface area contributed by atoms with Crippen LogP contribution in [-0.2, 0) is 14.8 Å². The maximum Gasteiger partial charge on any atom is 0.424 e. The third-order valence-corrected chi connectivity index (χ3v) is 5.24. The predicted molar refractivity (Wildman–Crippen MR) is 67.1 cm³/mol. The van der Waals surface area contributed by atoms with Gasteiger partial charge in [-0.25, -0.2) is 13.2 Å². The number of amides is 1. The molecule has 3 rings (SSSR count). The Morgan fingerprint density at radius 2 is 1.95 bits per heavy atom. The van der Waals surface area contributed by atoms with Gasteiger partial charge in [-0.15, -0.1) is 0 Å². The lowest BCUT2D eigenvalue weighted by molar-refractivity contribution is 0.139. The topological polar surface area (TPSA) is 75.7 Å². The van der Waals surface area contributed by atoms with Crippen LogP contribution < -0.4 is 5.32 Å². The van der Waals surface area contributed by atoms with E-state index < -0.39 is 22.2 Å². The van der Waals surface area contributed by atoms with Gasteiger partial charge in [-0.05, 0) is 19.1 Å². The van der Waals surface area contributed by atoms with Gasteiger partial charge in [-0.1, -0.05) is 17.7 Å². The summed E-state index contributed by atoms with van der Waals surface area (Å²) in [5.41, 5.74) is 0.961. The van der Waals surface area contributed by atoms with Gasteiger partial charge in [-0.2, -0.15) is 4.31 Å². The Bertz CT molecular complexity index is 611. The molecule has 1 aromatic rings. The first-order chi connectivity index (χ1) is 9.00. The van der Waals surface area contributed by atoms with Gasteiger partial charge in [-0.3, -0.25) is 0 Å². The Balaban J connectivity index is 2.00. The highest BCUT2D eigenvalue weighted by Crippen LogP contribution is 2.29. The van der Waals surface area contributed by atoms with Crippen LogP contribution in [0.1, 0.15) is 5.56 Å². The number of ether oxygens (including phenoxy) is 1. The van der Waals surface area contributed by atoms with Gasteiger partial charge >= 0.3 is 6.09 Å². The van der Waals surface area contributed by atoms with Crippen LogP contribution in [-0.4, -0.2) is 44.1 Å². The summed E-state index contributed by atoms with van der Waals surface area (Å²) in [6.07, 6.45) is -1.16. The van der Waals surface area contributed by atoms with Gasteiger partial charge in [0.2, 0.25) is 0 Å². The molecule has 1 N–H and O–H groups in total. The molecular formula is C12H14N2O4S. The lowest BCUT2D eigenvalue weighted by Gasteiger charge is -2.19. The summed E-state index contributed by atoms with van der Waals surface area (Å²) in [6.45, 7) is 2.80. The number of sulfonamides is 1. The number of aryl methyl sites for hydroxylation is 1. The van der Waals surface area contributed by atoms with E-state index in [-0.39, 0.29) is 11.0 Å². The molecule has 7 heteroatoms. The molecule has 2 aliphatic rings. The van der Waals surface area contributed by atoms with Crippen molar-refractivity contribution in [2.75, 3.05) is 13.1 Å². The smallest absolute Gasteiger partial charge is 0.424 e. The number of nitrogens with zero attached hydrogens (tertiary/aromatic N) is 1. The van der Waals surface area contributed by atoms with Gasteiger partial charge in [0.15, 0.2) is 0 Å². The second-order valence-corrected chi connectivity index (χ2v) is 6.58. The summed E-state index contributed by atoms with van der Waals surface area (Å²) >= 11 is 0. The summed E-state index contributed by atoms with van der Waals surface area (Å²) < 4.78 is 30.9. The van der Waals surface area contributed by atoms with Crippen molar-refractivity contribution in [3.05, 3.63) is 29.8 Å². The van der Waals surface area contributed by atoms with Gasteiger partial charge < -0.3 is 10.1 Å². The van der Waals surface area contributed by atoms with E-state index in [0.29, 0.717) is 13.1 Å². The number of hydrogen-bond acceptors (Lipinski definition) is 5. The third kappa shape index (κ3) is 1.89. The highest BCUT2D eigenvalue weighted by atomic mass is 32.2. The van der Waals surface area contributed by atoms with Crippen molar-refractivity contribution in [1.82, 2.24) is 9.62 Å². The van der Waals surface area contributed by atoms with Crippen LogP contribution in [0.2, 0.25) is 0 Å². The number of benzene rings is 1. The molecule has 0 bridgehead atoms. The minimum absolute atomic E-state index is 0.114. The molecule has 0 aromatic heterocycles. The summed E-state index contributed by atoms with van der Waals surface area (Å²) in [7, 11) is -3.84. The monoisotopic (exact) mass is 282 g/mol. The van der Waals surface area contributed by atoms with E-state index in [9.17, 15) is 13.2 Å². The zero-order valence-electron chi connectivity index (χ0n) is 10.4. The fourth-order valence-electron chi connectivity index (χ4n) is 2.41. The second-order valence-electron chi connectivity index (χ2n) is 4.76. The van der Waals surface area contributed by atoms with Gasteiger partial charge in [0.25, 0.3) is 10.0 Å². The van der Waals surface area contributed by atoms with Crippen LogP contribution >= 0.6 is 0 Å². The molecule has 0 saturated carbocycles. The second kappa shape index (κ2) is 4.21. The van der Waals surface area contributed by atoms with Crippen molar-refractivity contribution < 1.29 is 17.9 Å². The van der Waals surface area contributed by atoms with Crippen LogP contribution in [0.4, 0.5) is 4.79 Å². The molecule has 6 nitrogen and oxygen atoms in total. The summed E-state index contributed by atoms with van der Waals surface area (Å²) in [5.74, 6) is 0. The quantitative estimate of drug-likeness (QED) is 0.853. The van der Waals surface area contributed by atoms with E-state index in [1.165, 1.54) is 12.1 Å². The lowest BCUT2D eigenvalue weighted by atomic mass is 10.2. The van der Waals surface area contributed by atoms with E-state index in [1.807, 2.05) is 6.92 Å². The number of nitrogens with one attached hydrogen (secondary N) is 1. The fourth-order valence-corrected chi connectivity index (χ4v) is 3.93. The van der Waals surface area contributed by atoms with Crippen molar-refractivity contribution in [3.8, 4) is 0 Å². The minimum Gasteiger partial charge on any atom is -0.442 e. The summed E-state index contributed by atoms with van der Waals surface area (Å²) in [6, 6.07) is 5.98. The zero-order chi connectivity index (χ0) is 13.6. The molecule has 2 fully saturated rings. The molecule has 19 heavy (non-hydrogen) atoms. The molecule has 2 aliphatic heterocycles. The predicted octanol–water partition coefficient (Wildman–Crippen LogP) is 0.476. The van der Waals surface area contributed by atoms with Gasteiger partial charge in [0.05, 0.1) is 4.90 Å². The molecule has 2 saturated heterocycles. The third-order valence-electron chi connectivity index (χ3n) is 3.44. The first-order valence-electron chi connectivity index (χ1n) is 6.02. The maximum atomic E-state index is 12.5. The number of carbonyl (C=O) groups is 1. The molecule has 2 heterocycles. The van der Waals surface area contributed by atoms with Crippen LogP contribution in [0, 0.1) is 6.92 Å². The SMILES string of the molecule is Cc1ccc(S(=O)(=O)N2C(=O)O[C@H]3CNC[C@@H]32)cc1. The Kier molecular flexibility index (Phi) is 2.75. The zero-order valence-corrected chi connectivity index (χ0v) is 11.2. The van der Waals surface area contributed by atoms with Crippen molar-refractivity contribution in [2.45, 2.75) is 24.0 Å². The normalized spacial score (nSPS) is 26.4. The van der Waals surface area contributed by atoms with Crippen LogP contribution in [0.25, 0.3) is 0 Å². The Morgan fingerprint density at radius 3 is 2.63 bits per heavy atom. The fraction of sp³-hybridized carbons (Fsp3) is 0.417. The molecule has 1 amide bonds. The molecule has 2 atom stereocenters. The highest BCUT2D eigenvalue weighted by Gasteiger charge is 2.50. The average Bonchev–Trinajstić information content (AvgIpc) is 2.88. The molecular weight excluding hydrogens is 268 g/mol. The van der Waals surface area contributed by atoms with Crippen LogP contribution in [0.15, 0.2) is 29.2 Å². The minimum atomic E-state index is -3.84. The maximum absolute atomic E-state index is 12.5. The van der Waals surface area contributed by atoms with Crippen LogP contribution in [0.3, 0.4) is 0 Å². The van der Waals surface area contributed by atoms with E-state index in [4.69, 9.17) is 4.74 Å². The number of fused-ring (bicyclic) bond motifs is 1. The number of rotatable bonds is 2. The van der Waals surface area contributed by atoms with Crippen LogP contribution in [0.5, 0.6) is 0 Å². The largest absolute Gasteiger partial charge is 0.442 e. The number of hydrogen-bond donors (Lipinski definition) is 1. The summed E-state index contributed by atoms with van der Waals surface area (Å²) in [5, 5.41) is 3.02. The molecule has 0 unspecified atom stereocenters. The Hall–Kier alpha value is -1.60. The van der Waals surface area contributed by atoms with E-state index in [1.54, 1.807) is 12.1 Å². The van der Waals surface area contributed by atoms with Crippen molar-refractivity contribution >= 4 is 16.1 Å². The molecule has 0 aliphatic carbocycles. The first-order valence-corrected chi connectivity index (χ1v) is 7.46. The van der Waals surface area contributed by atoms with E-state index >= 15 is 0 Å². The molecule has 0 radical (unpaired) electrons. The molecule has 102 valence electrons. The van der Waals surface area contributed by atoms with E-state index in [0.717, 1.165) is 9.87 Å². The van der Waals surface area contributed by atoms with Crippen molar-refractivity contribution in [2.24, 2.45) is 0 Å². The summed E-state index contributed by atoms with van der Waals surface area (Å²) in [4.78, 5) is 11.9.